The predicted octanol–water partition coefficient (Wildman–Crippen LogP) is 1.81. The number of aromatic hydroxyl groups is 4. The molecule has 0 spiro atoms. The van der Waals surface area contributed by atoms with Gasteiger partial charge in [0.15, 0.2) is 23.0 Å². The van der Waals surface area contributed by atoms with Gasteiger partial charge in [-0.2, -0.15) is 0 Å². The summed E-state index contributed by atoms with van der Waals surface area (Å²) in [4.78, 5) is 0. The van der Waals surface area contributed by atoms with E-state index in [2.05, 4.69) is 0 Å². The number of hydrogen-bond acceptors (Lipinski definition) is 4. The molecular formula is C10H14O4. The van der Waals surface area contributed by atoms with Gasteiger partial charge in [-0.05, 0) is 5.41 Å². The van der Waals surface area contributed by atoms with Crippen molar-refractivity contribution in [3.05, 3.63) is 11.6 Å². The molecule has 0 unspecified atom stereocenters. The minimum Gasteiger partial charge on any atom is -0.504 e. The molecule has 14 heavy (non-hydrogen) atoms. The monoisotopic (exact) mass is 198 g/mol. The van der Waals surface area contributed by atoms with Crippen molar-refractivity contribution >= 4 is 0 Å². The first-order chi connectivity index (χ1) is 6.25. The highest BCUT2D eigenvalue weighted by Gasteiger charge is 2.26. The Balaban J connectivity index is 3.56. The molecule has 0 saturated heterocycles. The third-order valence-electron chi connectivity index (χ3n) is 1.98. The predicted molar refractivity (Wildman–Crippen MR) is 51.8 cm³/mol. The maximum Gasteiger partial charge on any atom is 0.165 e. The van der Waals surface area contributed by atoms with E-state index in [1.54, 1.807) is 20.8 Å². The number of phenolic OH excluding ortho intramolecular Hbond substituents is 4. The zero-order chi connectivity index (χ0) is 11.1. The minimum absolute atomic E-state index is 0.134. The van der Waals surface area contributed by atoms with Gasteiger partial charge in [0.1, 0.15) is 0 Å². The lowest BCUT2D eigenvalue weighted by Crippen LogP contribution is -2.11. The molecule has 4 nitrogen and oxygen atoms in total. The van der Waals surface area contributed by atoms with Crippen LogP contribution in [0.25, 0.3) is 0 Å². The van der Waals surface area contributed by atoms with E-state index in [0.29, 0.717) is 0 Å². The first-order valence-electron chi connectivity index (χ1n) is 4.22. The van der Waals surface area contributed by atoms with E-state index < -0.39 is 28.4 Å². The van der Waals surface area contributed by atoms with Crippen LogP contribution in [0.1, 0.15) is 26.3 Å². The zero-order valence-electron chi connectivity index (χ0n) is 8.37. The Bertz CT molecular complexity index is 337. The highest BCUT2D eigenvalue weighted by molar-refractivity contribution is 5.61. The van der Waals surface area contributed by atoms with Gasteiger partial charge in [-0.1, -0.05) is 20.8 Å². The summed E-state index contributed by atoms with van der Waals surface area (Å²) in [6, 6.07) is 0.903. The molecule has 0 atom stereocenters. The summed E-state index contributed by atoms with van der Waals surface area (Å²) in [7, 11) is 0. The van der Waals surface area contributed by atoms with Crippen molar-refractivity contribution < 1.29 is 20.4 Å². The van der Waals surface area contributed by atoms with E-state index in [4.69, 9.17) is 0 Å². The van der Waals surface area contributed by atoms with Crippen molar-refractivity contribution in [3.63, 3.8) is 0 Å². The molecule has 0 aliphatic heterocycles. The van der Waals surface area contributed by atoms with Crippen LogP contribution < -0.4 is 0 Å². The average molecular weight is 198 g/mol. The van der Waals surface area contributed by atoms with Gasteiger partial charge in [0.2, 0.25) is 0 Å². The largest absolute Gasteiger partial charge is 0.504 e. The van der Waals surface area contributed by atoms with E-state index in [9.17, 15) is 20.4 Å². The normalized spacial score (nSPS) is 11.6. The van der Waals surface area contributed by atoms with E-state index in [-0.39, 0.29) is 5.56 Å². The summed E-state index contributed by atoms with van der Waals surface area (Å²) in [5.41, 5.74) is -0.431. The summed E-state index contributed by atoms with van der Waals surface area (Å²) in [5.74, 6) is -1.67. The SMILES string of the molecule is CC(C)(C)c1c(O)c(O)cc(O)c1O. The standard InChI is InChI=1S/C10H14O4/c1-10(2,3)7-8(13)5(11)4-6(12)9(7)14/h4,11-14H,1-3H3. The van der Waals surface area contributed by atoms with Crippen molar-refractivity contribution in [3.8, 4) is 23.0 Å². The first kappa shape index (κ1) is 10.5. The quantitative estimate of drug-likeness (QED) is 0.378. The molecule has 4 N–H and O–H groups in total. The summed E-state index contributed by atoms with van der Waals surface area (Å²) >= 11 is 0. The second-order valence-electron chi connectivity index (χ2n) is 4.24. The van der Waals surface area contributed by atoms with Gasteiger partial charge in [-0.15, -0.1) is 0 Å². The number of phenols is 4. The number of hydrogen-bond donors (Lipinski definition) is 4. The first-order valence-corrected chi connectivity index (χ1v) is 4.22. The molecule has 0 aliphatic rings. The minimum atomic E-state index is -0.565. The summed E-state index contributed by atoms with van der Waals surface area (Å²) in [5, 5.41) is 37.5. The number of benzene rings is 1. The summed E-state index contributed by atoms with van der Waals surface area (Å²) in [6.45, 7) is 5.25. The molecule has 0 aliphatic carbocycles. The van der Waals surface area contributed by atoms with E-state index in [0.717, 1.165) is 6.07 Å². The van der Waals surface area contributed by atoms with Crippen molar-refractivity contribution in [1.82, 2.24) is 0 Å². The fourth-order valence-corrected chi connectivity index (χ4v) is 1.34. The molecule has 4 heteroatoms. The third-order valence-corrected chi connectivity index (χ3v) is 1.98. The van der Waals surface area contributed by atoms with Crippen molar-refractivity contribution in [2.75, 3.05) is 0 Å². The molecule has 0 radical (unpaired) electrons. The fraction of sp³-hybridized carbons (Fsp3) is 0.400. The van der Waals surface area contributed by atoms with E-state index >= 15 is 0 Å². The molecule has 1 aromatic carbocycles. The Morgan fingerprint density at radius 1 is 0.857 bits per heavy atom. The molecule has 1 aromatic rings. The van der Waals surface area contributed by atoms with Crippen molar-refractivity contribution in [2.24, 2.45) is 0 Å². The Hall–Kier alpha value is -1.58. The van der Waals surface area contributed by atoms with Crippen LogP contribution in [0.5, 0.6) is 23.0 Å². The van der Waals surface area contributed by atoms with E-state index in [1.807, 2.05) is 0 Å². The van der Waals surface area contributed by atoms with Crippen LogP contribution in [0.4, 0.5) is 0 Å². The van der Waals surface area contributed by atoms with Crippen LogP contribution in [0.15, 0.2) is 6.07 Å². The van der Waals surface area contributed by atoms with Crippen LogP contribution in [0.3, 0.4) is 0 Å². The second kappa shape index (κ2) is 2.97. The van der Waals surface area contributed by atoms with Gasteiger partial charge in [0.05, 0.1) is 0 Å². The maximum atomic E-state index is 9.52. The lowest BCUT2D eigenvalue weighted by atomic mass is 9.85. The Morgan fingerprint density at radius 2 is 1.21 bits per heavy atom. The molecule has 0 aromatic heterocycles. The molecular weight excluding hydrogens is 184 g/mol. The third kappa shape index (κ3) is 1.55. The van der Waals surface area contributed by atoms with Crippen LogP contribution in [0, 0.1) is 0 Å². The molecule has 0 bridgehead atoms. The van der Waals surface area contributed by atoms with Gasteiger partial charge in [0.25, 0.3) is 0 Å². The molecule has 0 heterocycles. The molecule has 0 saturated carbocycles. The Kier molecular flexibility index (Phi) is 2.23. The van der Waals surface area contributed by atoms with Crippen LogP contribution in [-0.2, 0) is 5.41 Å². The van der Waals surface area contributed by atoms with Gasteiger partial charge in [-0.3, -0.25) is 0 Å². The van der Waals surface area contributed by atoms with Crippen molar-refractivity contribution in [1.29, 1.82) is 0 Å². The fourth-order valence-electron chi connectivity index (χ4n) is 1.34. The lowest BCUT2D eigenvalue weighted by molar-refractivity contribution is 0.351. The Morgan fingerprint density at radius 3 is 1.50 bits per heavy atom. The topological polar surface area (TPSA) is 80.9 Å². The summed E-state index contributed by atoms with van der Waals surface area (Å²) < 4.78 is 0. The molecule has 0 fully saturated rings. The van der Waals surface area contributed by atoms with Gasteiger partial charge < -0.3 is 20.4 Å². The highest BCUT2D eigenvalue weighted by Crippen LogP contribution is 2.47. The molecule has 78 valence electrons. The smallest absolute Gasteiger partial charge is 0.165 e. The van der Waals surface area contributed by atoms with Crippen LogP contribution in [0.2, 0.25) is 0 Å². The van der Waals surface area contributed by atoms with Crippen LogP contribution >= 0.6 is 0 Å². The summed E-state index contributed by atoms with van der Waals surface area (Å²) in [6.07, 6.45) is 0. The maximum absolute atomic E-state index is 9.52. The second-order valence-corrected chi connectivity index (χ2v) is 4.24. The highest BCUT2D eigenvalue weighted by atomic mass is 16.3. The lowest BCUT2D eigenvalue weighted by Gasteiger charge is -2.22. The molecule has 1 rings (SSSR count). The van der Waals surface area contributed by atoms with Crippen LogP contribution in [-0.4, -0.2) is 20.4 Å². The Labute approximate surface area is 82.1 Å². The van der Waals surface area contributed by atoms with Gasteiger partial charge in [-0.25, -0.2) is 0 Å². The average Bonchev–Trinajstić information content (AvgIpc) is 1.98. The van der Waals surface area contributed by atoms with E-state index in [1.165, 1.54) is 0 Å². The molecule has 0 amide bonds. The van der Waals surface area contributed by atoms with Gasteiger partial charge >= 0.3 is 0 Å². The number of rotatable bonds is 0. The van der Waals surface area contributed by atoms with Crippen molar-refractivity contribution in [2.45, 2.75) is 26.2 Å². The zero-order valence-corrected chi connectivity index (χ0v) is 8.37. The van der Waals surface area contributed by atoms with Gasteiger partial charge in [0, 0.05) is 11.6 Å².